The zero-order valence-corrected chi connectivity index (χ0v) is 7.87. The van der Waals surface area contributed by atoms with Gasteiger partial charge in [0, 0.05) is 0 Å². The number of aliphatic carboxylic acids is 1. The van der Waals surface area contributed by atoms with Crippen LogP contribution in [0.3, 0.4) is 0 Å². The molecule has 68 valence electrons. The van der Waals surface area contributed by atoms with E-state index in [1.165, 1.54) is 5.57 Å². The Morgan fingerprint density at radius 1 is 1.58 bits per heavy atom. The molecule has 0 heterocycles. The highest BCUT2D eigenvalue weighted by molar-refractivity contribution is 5.73. The third-order valence-electron chi connectivity index (χ3n) is 2.84. The first-order valence-corrected chi connectivity index (χ1v) is 4.43. The smallest absolute Gasteiger partial charge is 0.310 e. The highest BCUT2D eigenvalue weighted by atomic mass is 16.4. The van der Waals surface area contributed by atoms with E-state index < -0.39 is 5.97 Å². The van der Waals surface area contributed by atoms with Gasteiger partial charge in [0.15, 0.2) is 0 Å². The molecule has 12 heavy (non-hydrogen) atoms. The Bertz CT molecular complexity index is 218. The first-order valence-electron chi connectivity index (χ1n) is 4.43. The van der Waals surface area contributed by atoms with Crippen molar-refractivity contribution < 1.29 is 9.90 Å². The van der Waals surface area contributed by atoms with Gasteiger partial charge in [-0.2, -0.15) is 0 Å². The van der Waals surface area contributed by atoms with Gasteiger partial charge in [-0.05, 0) is 25.2 Å². The Kier molecular flexibility index (Phi) is 2.55. The Morgan fingerprint density at radius 2 is 2.17 bits per heavy atom. The normalized spacial score (nSPS) is 35.9. The van der Waals surface area contributed by atoms with Gasteiger partial charge in [-0.3, -0.25) is 4.79 Å². The van der Waals surface area contributed by atoms with Crippen molar-refractivity contribution in [2.75, 3.05) is 0 Å². The number of rotatable bonds is 1. The van der Waals surface area contributed by atoms with E-state index in [0.29, 0.717) is 5.92 Å². The van der Waals surface area contributed by atoms with Crippen molar-refractivity contribution in [1.29, 1.82) is 0 Å². The molecule has 0 fully saturated rings. The Morgan fingerprint density at radius 3 is 2.67 bits per heavy atom. The first-order chi connectivity index (χ1) is 5.52. The van der Waals surface area contributed by atoms with Crippen molar-refractivity contribution in [2.45, 2.75) is 27.2 Å². The van der Waals surface area contributed by atoms with E-state index in [2.05, 4.69) is 6.92 Å². The lowest BCUT2D eigenvalue weighted by Crippen LogP contribution is -2.26. The highest BCUT2D eigenvalue weighted by Crippen LogP contribution is 2.32. The predicted octanol–water partition coefficient (Wildman–Crippen LogP) is 2.31. The third-order valence-corrected chi connectivity index (χ3v) is 2.84. The minimum Gasteiger partial charge on any atom is -0.481 e. The lowest BCUT2D eigenvalue weighted by Gasteiger charge is -2.27. The van der Waals surface area contributed by atoms with E-state index in [0.717, 1.165) is 6.42 Å². The molecule has 2 heteroatoms. The maximum absolute atomic E-state index is 10.8. The Labute approximate surface area is 73.3 Å². The molecular formula is C10H16O2. The quantitative estimate of drug-likeness (QED) is 0.610. The molecule has 0 spiro atoms. The van der Waals surface area contributed by atoms with Gasteiger partial charge in [-0.25, -0.2) is 0 Å². The summed E-state index contributed by atoms with van der Waals surface area (Å²) in [5.74, 6) is -0.119. The van der Waals surface area contributed by atoms with Gasteiger partial charge < -0.3 is 5.11 Å². The number of allylic oxidation sites excluding steroid dienone is 1. The molecule has 1 N–H and O–H groups in total. The maximum atomic E-state index is 10.8. The average molecular weight is 168 g/mol. The summed E-state index contributed by atoms with van der Waals surface area (Å²) in [4.78, 5) is 10.8. The van der Waals surface area contributed by atoms with Gasteiger partial charge >= 0.3 is 5.97 Å². The third kappa shape index (κ3) is 1.68. The van der Waals surface area contributed by atoms with Crippen molar-refractivity contribution in [3.05, 3.63) is 11.6 Å². The van der Waals surface area contributed by atoms with Crippen LogP contribution in [-0.4, -0.2) is 11.1 Å². The molecule has 3 atom stereocenters. The van der Waals surface area contributed by atoms with E-state index in [9.17, 15) is 4.79 Å². The molecule has 1 aliphatic rings. The van der Waals surface area contributed by atoms with Gasteiger partial charge in [-0.1, -0.05) is 25.5 Å². The number of hydrogen-bond donors (Lipinski definition) is 1. The fourth-order valence-corrected chi connectivity index (χ4v) is 1.82. The van der Waals surface area contributed by atoms with Crippen LogP contribution in [0.1, 0.15) is 27.2 Å². The van der Waals surface area contributed by atoms with E-state index in [-0.39, 0.29) is 11.8 Å². The summed E-state index contributed by atoms with van der Waals surface area (Å²) in [5, 5.41) is 8.87. The number of carboxylic acids is 1. The van der Waals surface area contributed by atoms with E-state index in [1.54, 1.807) is 0 Å². The second-order valence-electron chi connectivity index (χ2n) is 3.89. The van der Waals surface area contributed by atoms with Crippen LogP contribution in [-0.2, 0) is 4.79 Å². The molecule has 0 aliphatic heterocycles. The van der Waals surface area contributed by atoms with Gasteiger partial charge in [-0.15, -0.1) is 0 Å². The summed E-state index contributed by atoms with van der Waals surface area (Å²) in [5.41, 5.74) is 1.22. The minimum atomic E-state index is -0.686. The van der Waals surface area contributed by atoms with Gasteiger partial charge in [0.2, 0.25) is 0 Å². The molecule has 0 bridgehead atoms. The van der Waals surface area contributed by atoms with Crippen molar-refractivity contribution in [3.8, 4) is 0 Å². The standard InChI is InChI=1S/C10H16O2/c1-6-4-8(3)9(10(11)12)5-7(6)2/h5-6,8-9H,4H2,1-3H3,(H,11,12). The van der Waals surface area contributed by atoms with Crippen LogP contribution >= 0.6 is 0 Å². The molecule has 0 saturated carbocycles. The summed E-state index contributed by atoms with van der Waals surface area (Å²) in [6.45, 7) is 6.19. The zero-order valence-electron chi connectivity index (χ0n) is 7.87. The molecule has 0 amide bonds. The summed E-state index contributed by atoms with van der Waals surface area (Å²) in [7, 11) is 0. The lowest BCUT2D eigenvalue weighted by atomic mass is 9.77. The largest absolute Gasteiger partial charge is 0.481 e. The van der Waals surface area contributed by atoms with Crippen molar-refractivity contribution in [2.24, 2.45) is 17.8 Å². The lowest BCUT2D eigenvalue weighted by molar-refractivity contribution is -0.141. The van der Waals surface area contributed by atoms with Crippen molar-refractivity contribution >= 4 is 5.97 Å². The molecular weight excluding hydrogens is 152 g/mol. The van der Waals surface area contributed by atoms with Crippen LogP contribution in [0.4, 0.5) is 0 Å². The molecule has 0 saturated heterocycles. The van der Waals surface area contributed by atoms with E-state index in [4.69, 9.17) is 5.11 Å². The van der Waals surface area contributed by atoms with Gasteiger partial charge in [0.05, 0.1) is 5.92 Å². The number of carbonyl (C=O) groups is 1. The summed E-state index contributed by atoms with van der Waals surface area (Å²) in [6, 6.07) is 0. The second-order valence-corrected chi connectivity index (χ2v) is 3.89. The van der Waals surface area contributed by atoms with Crippen LogP contribution in [0, 0.1) is 17.8 Å². The summed E-state index contributed by atoms with van der Waals surface area (Å²) < 4.78 is 0. The van der Waals surface area contributed by atoms with Crippen LogP contribution in [0.25, 0.3) is 0 Å². The molecule has 0 aromatic rings. The Balaban J connectivity index is 2.83. The second kappa shape index (κ2) is 3.30. The fraction of sp³-hybridized carbons (Fsp3) is 0.700. The predicted molar refractivity (Wildman–Crippen MR) is 47.8 cm³/mol. The molecule has 0 aromatic carbocycles. The molecule has 0 radical (unpaired) electrons. The Hall–Kier alpha value is -0.790. The van der Waals surface area contributed by atoms with Crippen LogP contribution in [0.15, 0.2) is 11.6 Å². The number of carboxylic acid groups (broad SMARTS) is 1. The molecule has 1 aliphatic carbocycles. The van der Waals surface area contributed by atoms with Crippen LogP contribution in [0.5, 0.6) is 0 Å². The SMILES string of the molecule is CC1=CC(C(=O)O)C(C)CC1C. The number of hydrogen-bond acceptors (Lipinski definition) is 1. The summed E-state index contributed by atoms with van der Waals surface area (Å²) in [6.07, 6.45) is 2.90. The van der Waals surface area contributed by atoms with Gasteiger partial charge in [0.1, 0.15) is 0 Å². The first kappa shape index (κ1) is 9.30. The molecule has 2 nitrogen and oxygen atoms in total. The zero-order chi connectivity index (χ0) is 9.30. The van der Waals surface area contributed by atoms with Crippen LogP contribution < -0.4 is 0 Å². The minimum absolute atomic E-state index is 0.263. The maximum Gasteiger partial charge on any atom is 0.310 e. The van der Waals surface area contributed by atoms with Crippen LogP contribution in [0.2, 0.25) is 0 Å². The highest BCUT2D eigenvalue weighted by Gasteiger charge is 2.28. The van der Waals surface area contributed by atoms with Crippen molar-refractivity contribution in [3.63, 3.8) is 0 Å². The fourth-order valence-electron chi connectivity index (χ4n) is 1.82. The van der Waals surface area contributed by atoms with Gasteiger partial charge in [0.25, 0.3) is 0 Å². The monoisotopic (exact) mass is 168 g/mol. The van der Waals surface area contributed by atoms with Crippen molar-refractivity contribution in [1.82, 2.24) is 0 Å². The molecule has 3 unspecified atom stereocenters. The molecule has 0 aromatic heterocycles. The van der Waals surface area contributed by atoms with E-state index >= 15 is 0 Å². The topological polar surface area (TPSA) is 37.3 Å². The summed E-state index contributed by atoms with van der Waals surface area (Å²) >= 11 is 0. The average Bonchev–Trinajstić information content (AvgIpc) is 1.96. The van der Waals surface area contributed by atoms with E-state index in [1.807, 2.05) is 19.9 Å². The molecule has 1 rings (SSSR count).